The van der Waals surface area contributed by atoms with E-state index in [1.54, 1.807) is 0 Å². The molecule has 100 valence electrons. The first-order valence-electron chi connectivity index (χ1n) is 7.34. The number of nitrogens with zero attached hydrogens (tertiary/aromatic N) is 1. The summed E-state index contributed by atoms with van der Waals surface area (Å²) < 4.78 is 0. The van der Waals surface area contributed by atoms with Crippen molar-refractivity contribution in [3.63, 3.8) is 0 Å². The fourth-order valence-corrected chi connectivity index (χ4v) is 3.42. The van der Waals surface area contributed by atoms with Crippen molar-refractivity contribution >= 4 is 10.9 Å². The van der Waals surface area contributed by atoms with Crippen LogP contribution in [-0.4, -0.2) is 11.0 Å². The molecule has 0 bridgehead atoms. The van der Waals surface area contributed by atoms with Crippen molar-refractivity contribution in [2.24, 2.45) is 17.6 Å². The van der Waals surface area contributed by atoms with Gasteiger partial charge in [-0.1, -0.05) is 44.0 Å². The fourth-order valence-electron chi connectivity index (χ4n) is 3.42. The van der Waals surface area contributed by atoms with Crippen molar-refractivity contribution in [2.75, 3.05) is 0 Å². The van der Waals surface area contributed by atoms with Crippen LogP contribution in [0.25, 0.3) is 10.9 Å². The highest BCUT2D eigenvalue weighted by atomic mass is 14.7. The van der Waals surface area contributed by atoms with Gasteiger partial charge in [-0.25, -0.2) is 0 Å². The van der Waals surface area contributed by atoms with E-state index in [9.17, 15) is 0 Å². The van der Waals surface area contributed by atoms with E-state index in [1.807, 2.05) is 6.07 Å². The zero-order valence-corrected chi connectivity index (χ0v) is 11.5. The van der Waals surface area contributed by atoms with E-state index in [-0.39, 0.29) is 6.04 Å². The van der Waals surface area contributed by atoms with E-state index in [0.29, 0.717) is 5.92 Å². The summed E-state index contributed by atoms with van der Waals surface area (Å²) in [6.07, 6.45) is 4.87. The molecule has 1 saturated carbocycles. The third kappa shape index (κ3) is 2.64. The topological polar surface area (TPSA) is 38.9 Å². The maximum Gasteiger partial charge on any atom is 0.0705 e. The zero-order chi connectivity index (χ0) is 13.2. The third-order valence-electron chi connectivity index (χ3n) is 4.58. The smallest absolute Gasteiger partial charge is 0.0705 e. The summed E-state index contributed by atoms with van der Waals surface area (Å²) >= 11 is 0. The lowest BCUT2D eigenvalue weighted by Crippen LogP contribution is -2.34. The summed E-state index contributed by atoms with van der Waals surface area (Å²) in [7, 11) is 0. The SMILES string of the molecule is CC1CCCC1C(N)Cc1ccc2ccccc2n1. The lowest BCUT2D eigenvalue weighted by Gasteiger charge is -2.23. The van der Waals surface area contributed by atoms with Crippen LogP contribution >= 0.6 is 0 Å². The quantitative estimate of drug-likeness (QED) is 0.910. The van der Waals surface area contributed by atoms with Crippen molar-refractivity contribution in [2.45, 2.75) is 38.6 Å². The van der Waals surface area contributed by atoms with Gasteiger partial charge in [-0.05, 0) is 30.4 Å². The maximum atomic E-state index is 6.41. The molecule has 0 saturated heterocycles. The Morgan fingerprint density at radius 3 is 2.84 bits per heavy atom. The Morgan fingerprint density at radius 2 is 2.05 bits per heavy atom. The number of hydrogen-bond donors (Lipinski definition) is 1. The number of para-hydroxylation sites is 1. The molecule has 1 aromatic heterocycles. The number of fused-ring (bicyclic) bond motifs is 1. The Labute approximate surface area is 115 Å². The highest BCUT2D eigenvalue weighted by Gasteiger charge is 2.28. The molecule has 3 rings (SSSR count). The van der Waals surface area contributed by atoms with Crippen LogP contribution in [0, 0.1) is 11.8 Å². The van der Waals surface area contributed by atoms with Gasteiger partial charge >= 0.3 is 0 Å². The molecule has 19 heavy (non-hydrogen) atoms. The first kappa shape index (κ1) is 12.6. The van der Waals surface area contributed by atoms with Gasteiger partial charge in [0.25, 0.3) is 0 Å². The van der Waals surface area contributed by atoms with Gasteiger partial charge in [-0.2, -0.15) is 0 Å². The lowest BCUT2D eigenvalue weighted by atomic mass is 9.88. The second kappa shape index (κ2) is 5.30. The molecule has 2 N–H and O–H groups in total. The number of benzene rings is 1. The summed E-state index contributed by atoms with van der Waals surface area (Å²) in [6.45, 7) is 2.34. The summed E-state index contributed by atoms with van der Waals surface area (Å²) in [5.74, 6) is 1.45. The minimum Gasteiger partial charge on any atom is -0.327 e. The molecule has 1 aromatic carbocycles. The summed E-state index contributed by atoms with van der Waals surface area (Å²) in [5.41, 5.74) is 8.61. The molecule has 0 radical (unpaired) electrons. The fraction of sp³-hybridized carbons (Fsp3) is 0.471. The summed E-state index contributed by atoms with van der Waals surface area (Å²) in [5, 5.41) is 1.20. The minimum absolute atomic E-state index is 0.256. The van der Waals surface area contributed by atoms with Crippen LogP contribution in [0.15, 0.2) is 36.4 Å². The van der Waals surface area contributed by atoms with Gasteiger partial charge in [-0.3, -0.25) is 4.98 Å². The van der Waals surface area contributed by atoms with Gasteiger partial charge in [0.1, 0.15) is 0 Å². The standard InChI is InChI=1S/C17H22N2/c1-12-5-4-7-15(12)16(18)11-14-10-9-13-6-2-3-8-17(13)19-14/h2-3,6,8-10,12,15-16H,4-5,7,11,18H2,1H3. The molecule has 0 aliphatic heterocycles. The van der Waals surface area contributed by atoms with Gasteiger partial charge in [0, 0.05) is 23.5 Å². The van der Waals surface area contributed by atoms with Crippen molar-refractivity contribution < 1.29 is 0 Å². The zero-order valence-electron chi connectivity index (χ0n) is 11.5. The normalized spacial score (nSPS) is 24.7. The number of hydrogen-bond acceptors (Lipinski definition) is 2. The lowest BCUT2D eigenvalue weighted by molar-refractivity contribution is 0.342. The Bertz CT molecular complexity index is 564. The predicted octanol–water partition coefficient (Wildman–Crippen LogP) is 3.54. The van der Waals surface area contributed by atoms with Gasteiger partial charge < -0.3 is 5.73 Å². The molecule has 0 amide bonds. The van der Waals surface area contributed by atoms with E-state index in [2.05, 4.69) is 37.3 Å². The minimum atomic E-state index is 0.256. The highest BCUT2D eigenvalue weighted by molar-refractivity contribution is 5.78. The third-order valence-corrected chi connectivity index (χ3v) is 4.58. The second-order valence-corrected chi connectivity index (χ2v) is 5.94. The van der Waals surface area contributed by atoms with E-state index in [1.165, 1.54) is 24.6 Å². The predicted molar refractivity (Wildman–Crippen MR) is 79.9 cm³/mol. The van der Waals surface area contributed by atoms with Gasteiger partial charge in [-0.15, -0.1) is 0 Å². The van der Waals surface area contributed by atoms with Crippen LogP contribution in [0.1, 0.15) is 31.9 Å². The Kier molecular flexibility index (Phi) is 3.52. The van der Waals surface area contributed by atoms with Crippen LogP contribution < -0.4 is 5.73 Å². The van der Waals surface area contributed by atoms with Crippen LogP contribution in [0.2, 0.25) is 0 Å². The molecule has 2 nitrogen and oxygen atoms in total. The monoisotopic (exact) mass is 254 g/mol. The van der Waals surface area contributed by atoms with Gasteiger partial charge in [0.05, 0.1) is 5.52 Å². The summed E-state index contributed by atoms with van der Waals surface area (Å²) in [6, 6.07) is 12.8. The molecule has 2 aromatic rings. The molecule has 0 spiro atoms. The largest absolute Gasteiger partial charge is 0.327 e. The Morgan fingerprint density at radius 1 is 1.21 bits per heavy atom. The van der Waals surface area contributed by atoms with Crippen LogP contribution in [0.4, 0.5) is 0 Å². The highest BCUT2D eigenvalue weighted by Crippen LogP contribution is 2.33. The van der Waals surface area contributed by atoms with E-state index >= 15 is 0 Å². The number of rotatable bonds is 3. The van der Waals surface area contributed by atoms with Crippen LogP contribution in [0.5, 0.6) is 0 Å². The maximum absolute atomic E-state index is 6.41. The van der Waals surface area contributed by atoms with E-state index in [0.717, 1.165) is 23.5 Å². The molecule has 1 fully saturated rings. The van der Waals surface area contributed by atoms with Crippen molar-refractivity contribution in [3.05, 3.63) is 42.1 Å². The van der Waals surface area contributed by atoms with E-state index < -0.39 is 0 Å². The van der Waals surface area contributed by atoms with Crippen molar-refractivity contribution in [3.8, 4) is 0 Å². The molecule has 3 unspecified atom stereocenters. The molecule has 1 heterocycles. The molecule has 1 aliphatic carbocycles. The Hall–Kier alpha value is -1.41. The second-order valence-electron chi connectivity index (χ2n) is 5.94. The molecular weight excluding hydrogens is 232 g/mol. The molecule has 2 heteroatoms. The summed E-state index contributed by atoms with van der Waals surface area (Å²) in [4.78, 5) is 4.73. The number of nitrogens with two attached hydrogens (primary N) is 1. The van der Waals surface area contributed by atoms with Crippen LogP contribution in [-0.2, 0) is 6.42 Å². The van der Waals surface area contributed by atoms with Gasteiger partial charge in [0.15, 0.2) is 0 Å². The van der Waals surface area contributed by atoms with Crippen LogP contribution in [0.3, 0.4) is 0 Å². The van der Waals surface area contributed by atoms with Gasteiger partial charge in [0.2, 0.25) is 0 Å². The Balaban J connectivity index is 1.77. The average molecular weight is 254 g/mol. The van der Waals surface area contributed by atoms with E-state index in [4.69, 9.17) is 10.7 Å². The molecule has 3 atom stereocenters. The molecule has 1 aliphatic rings. The van der Waals surface area contributed by atoms with Crippen molar-refractivity contribution in [1.29, 1.82) is 0 Å². The number of aromatic nitrogens is 1. The first-order chi connectivity index (χ1) is 9.24. The number of pyridine rings is 1. The molecular formula is C17H22N2. The average Bonchev–Trinajstić information content (AvgIpc) is 2.85. The van der Waals surface area contributed by atoms with Crippen molar-refractivity contribution in [1.82, 2.24) is 4.98 Å². The first-order valence-corrected chi connectivity index (χ1v) is 7.34.